The first-order valence-electron chi connectivity index (χ1n) is 6.42. The van der Waals surface area contributed by atoms with Crippen LogP contribution in [0.2, 0.25) is 0 Å². The van der Waals surface area contributed by atoms with Crippen LogP contribution in [0.1, 0.15) is 24.4 Å². The van der Waals surface area contributed by atoms with E-state index in [1.165, 1.54) is 0 Å². The summed E-state index contributed by atoms with van der Waals surface area (Å²) < 4.78 is 0. The third-order valence-corrected chi connectivity index (χ3v) is 3.82. The molecule has 2 aromatic rings. The Bertz CT molecular complexity index is 594. The Hall–Kier alpha value is -1.59. The van der Waals surface area contributed by atoms with Gasteiger partial charge in [-0.05, 0) is 49.5 Å². The Morgan fingerprint density at radius 1 is 1.17 bits per heavy atom. The number of fused-ring (bicyclic) bond motifs is 1. The molecule has 0 radical (unpaired) electrons. The lowest BCUT2D eigenvalue weighted by Gasteiger charge is -2.28. The van der Waals surface area contributed by atoms with Crippen molar-refractivity contribution in [2.24, 2.45) is 11.7 Å². The first kappa shape index (κ1) is 11.5. The number of aromatic amines is 2. The zero-order valence-electron chi connectivity index (χ0n) is 10.2. The van der Waals surface area contributed by atoms with Gasteiger partial charge in [0, 0.05) is 6.04 Å². The molecule has 1 aromatic heterocycles. The highest BCUT2D eigenvalue weighted by Crippen LogP contribution is 2.27. The summed E-state index contributed by atoms with van der Waals surface area (Å²) in [6.45, 7) is 2.09. The van der Waals surface area contributed by atoms with Crippen LogP contribution in [0.15, 0.2) is 23.0 Å². The number of rotatable bonds is 2. The van der Waals surface area contributed by atoms with Crippen LogP contribution in [-0.2, 0) is 0 Å². The van der Waals surface area contributed by atoms with Gasteiger partial charge in [-0.3, -0.25) is 0 Å². The molecule has 1 aromatic carbocycles. The van der Waals surface area contributed by atoms with Gasteiger partial charge in [0.25, 0.3) is 0 Å². The van der Waals surface area contributed by atoms with E-state index in [9.17, 15) is 4.79 Å². The maximum Gasteiger partial charge on any atom is 0.323 e. The molecule has 0 saturated carbocycles. The molecule has 1 saturated heterocycles. The van der Waals surface area contributed by atoms with Gasteiger partial charge in [0.15, 0.2) is 0 Å². The lowest BCUT2D eigenvalue weighted by Crippen LogP contribution is -2.33. The van der Waals surface area contributed by atoms with Gasteiger partial charge in [0.2, 0.25) is 0 Å². The number of hydrogen-bond donors (Lipinski definition) is 4. The smallest absolute Gasteiger partial charge is 0.323 e. The Morgan fingerprint density at radius 3 is 2.67 bits per heavy atom. The number of nitrogens with one attached hydrogen (secondary N) is 3. The number of imidazole rings is 1. The summed E-state index contributed by atoms with van der Waals surface area (Å²) in [7, 11) is 0. The molecule has 0 amide bonds. The van der Waals surface area contributed by atoms with Gasteiger partial charge in [0.1, 0.15) is 0 Å². The zero-order chi connectivity index (χ0) is 12.5. The molecule has 1 aliphatic heterocycles. The van der Waals surface area contributed by atoms with E-state index in [1.807, 2.05) is 18.2 Å². The Balaban J connectivity index is 1.90. The van der Waals surface area contributed by atoms with E-state index in [0.29, 0.717) is 5.92 Å². The van der Waals surface area contributed by atoms with E-state index in [0.717, 1.165) is 42.5 Å². The Labute approximate surface area is 105 Å². The molecule has 5 heteroatoms. The topological polar surface area (TPSA) is 86.7 Å². The van der Waals surface area contributed by atoms with Crippen LogP contribution in [0.5, 0.6) is 0 Å². The second-order valence-corrected chi connectivity index (χ2v) is 5.00. The molecule has 5 nitrogen and oxygen atoms in total. The lowest BCUT2D eigenvalue weighted by molar-refractivity contribution is 0.322. The number of aromatic nitrogens is 2. The molecular weight excluding hydrogens is 228 g/mol. The molecule has 5 N–H and O–H groups in total. The summed E-state index contributed by atoms with van der Waals surface area (Å²) in [5, 5.41) is 3.35. The summed E-state index contributed by atoms with van der Waals surface area (Å²) >= 11 is 0. The van der Waals surface area contributed by atoms with E-state index >= 15 is 0 Å². The van der Waals surface area contributed by atoms with E-state index in [-0.39, 0.29) is 11.7 Å². The van der Waals surface area contributed by atoms with Gasteiger partial charge in [-0.1, -0.05) is 6.07 Å². The highest BCUT2D eigenvalue weighted by Gasteiger charge is 2.21. The van der Waals surface area contributed by atoms with Crippen molar-refractivity contribution < 1.29 is 0 Å². The van der Waals surface area contributed by atoms with Crippen molar-refractivity contribution in [3.8, 4) is 0 Å². The van der Waals surface area contributed by atoms with Gasteiger partial charge >= 0.3 is 5.69 Å². The van der Waals surface area contributed by atoms with E-state index in [1.54, 1.807) is 0 Å². The summed E-state index contributed by atoms with van der Waals surface area (Å²) in [6.07, 6.45) is 2.23. The van der Waals surface area contributed by atoms with Crippen LogP contribution in [0, 0.1) is 5.92 Å². The number of piperidine rings is 1. The molecule has 0 bridgehead atoms. The number of nitrogens with two attached hydrogens (primary N) is 1. The fourth-order valence-corrected chi connectivity index (χ4v) is 2.73. The SMILES string of the molecule is NC(c1ccc2[nH]c(=O)[nH]c2c1)C1CCNCC1. The van der Waals surface area contributed by atoms with Crippen molar-refractivity contribution in [2.45, 2.75) is 18.9 Å². The standard InChI is InChI=1S/C13H18N4O/c14-12(8-3-5-15-6-4-8)9-1-2-10-11(7-9)17-13(18)16-10/h1-2,7-8,12,15H,3-6,14H2,(H2,16,17,18). The monoisotopic (exact) mass is 246 g/mol. The lowest BCUT2D eigenvalue weighted by atomic mass is 9.86. The average molecular weight is 246 g/mol. The minimum absolute atomic E-state index is 0.0508. The van der Waals surface area contributed by atoms with Crippen molar-refractivity contribution in [3.63, 3.8) is 0 Å². The van der Waals surface area contributed by atoms with Crippen molar-refractivity contribution >= 4 is 11.0 Å². The first-order valence-corrected chi connectivity index (χ1v) is 6.42. The minimum Gasteiger partial charge on any atom is -0.324 e. The van der Waals surface area contributed by atoms with E-state index < -0.39 is 0 Å². The molecule has 0 spiro atoms. The second kappa shape index (κ2) is 4.59. The molecular formula is C13H18N4O. The number of benzene rings is 1. The van der Waals surface area contributed by atoms with Crippen LogP contribution >= 0.6 is 0 Å². The summed E-state index contributed by atoms with van der Waals surface area (Å²) in [6, 6.07) is 5.97. The highest BCUT2D eigenvalue weighted by atomic mass is 16.1. The molecule has 1 aliphatic rings. The molecule has 3 rings (SSSR count). The van der Waals surface area contributed by atoms with Crippen molar-refractivity contribution in [1.29, 1.82) is 0 Å². The minimum atomic E-state index is -0.169. The third kappa shape index (κ3) is 2.07. The average Bonchev–Trinajstić information content (AvgIpc) is 2.78. The fourth-order valence-electron chi connectivity index (χ4n) is 2.73. The summed E-state index contributed by atoms with van der Waals surface area (Å²) in [5.41, 5.74) is 8.94. The van der Waals surface area contributed by atoms with Gasteiger partial charge in [-0.2, -0.15) is 0 Å². The fraction of sp³-hybridized carbons (Fsp3) is 0.462. The largest absolute Gasteiger partial charge is 0.324 e. The van der Waals surface area contributed by atoms with Gasteiger partial charge in [-0.15, -0.1) is 0 Å². The quantitative estimate of drug-likeness (QED) is 0.633. The van der Waals surface area contributed by atoms with Crippen LogP contribution in [0.4, 0.5) is 0 Å². The maximum atomic E-state index is 11.2. The van der Waals surface area contributed by atoms with E-state index in [2.05, 4.69) is 15.3 Å². The number of hydrogen-bond acceptors (Lipinski definition) is 3. The Morgan fingerprint density at radius 2 is 1.89 bits per heavy atom. The van der Waals surface area contributed by atoms with Crippen LogP contribution < -0.4 is 16.7 Å². The number of H-pyrrole nitrogens is 2. The van der Waals surface area contributed by atoms with Gasteiger partial charge in [-0.25, -0.2) is 4.79 Å². The molecule has 1 unspecified atom stereocenters. The molecule has 96 valence electrons. The molecule has 1 atom stereocenters. The van der Waals surface area contributed by atoms with Crippen LogP contribution in [0.25, 0.3) is 11.0 Å². The molecule has 1 fully saturated rings. The third-order valence-electron chi connectivity index (χ3n) is 3.82. The molecule has 18 heavy (non-hydrogen) atoms. The van der Waals surface area contributed by atoms with Gasteiger partial charge < -0.3 is 21.0 Å². The highest BCUT2D eigenvalue weighted by molar-refractivity contribution is 5.75. The normalized spacial score (nSPS) is 19.2. The summed E-state index contributed by atoms with van der Waals surface area (Å²) in [4.78, 5) is 16.7. The van der Waals surface area contributed by atoms with Crippen molar-refractivity contribution in [3.05, 3.63) is 34.2 Å². The summed E-state index contributed by atoms with van der Waals surface area (Å²) in [5.74, 6) is 0.523. The molecule has 0 aliphatic carbocycles. The predicted octanol–water partition coefficient (Wildman–Crippen LogP) is 0.856. The zero-order valence-corrected chi connectivity index (χ0v) is 10.2. The van der Waals surface area contributed by atoms with Crippen molar-refractivity contribution in [2.75, 3.05) is 13.1 Å². The first-order chi connectivity index (χ1) is 8.74. The maximum absolute atomic E-state index is 11.2. The van der Waals surface area contributed by atoms with Crippen LogP contribution in [-0.4, -0.2) is 23.1 Å². The van der Waals surface area contributed by atoms with Crippen molar-refractivity contribution in [1.82, 2.24) is 15.3 Å². The Kier molecular flexibility index (Phi) is 2.93. The predicted molar refractivity (Wildman–Crippen MR) is 71.4 cm³/mol. The molecule has 2 heterocycles. The second-order valence-electron chi connectivity index (χ2n) is 5.00. The van der Waals surface area contributed by atoms with Gasteiger partial charge in [0.05, 0.1) is 11.0 Å². The van der Waals surface area contributed by atoms with E-state index in [4.69, 9.17) is 5.73 Å². The van der Waals surface area contributed by atoms with Crippen LogP contribution in [0.3, 0.4) is 0 Å².